The van der Waals surface area contributed by atoms with Gasteiger partial charge in [-0.1, -0.05) is 17.7 Å². The van der Waals surface area contributed by atoms with Crippen LogP contribution in [0.15, 0.2) is 29.7 Å². The third-order valence-electron chi connectivity index (χ3n) is 2.89. The highest BCUT2D eigenvalue weighted by molar-refractivity contribution is 7.89. The van der Waals surface area contributed by atoms with Gasteiger partial charge in [0.25, 0.3) is 0 Å². The van der Waals surface area contributed by atoms with E-state index in [1.807, 2.05) is 0 Å². The van der Waals surface area contributed by atoms with Gasteiger partial charge in [0.2, 0.25) is 10.0 Å². The fraction of sp³-hybridized carbons (Fsp3) is 0.385. The van der Waals surface area contributed by atoms with Crippen LogP contribution in [0.4, 0.5) is 5.69 Å². The number of nitrogen functional groups attached to an aromatic ring is 1. The van der Waals surface area contributed by atoms with Crippen LogP contribution >= 0.6 is 11.6 Å². The number of rotatable bonds is 6. The molecule has 1 aromatic carbocycles. The summed E-state index contributed by atoms with van der Waals surface area (Å²) in [5.41, 5.74) is 6.93. The smallest absolute Gasteiger partial charge is 0.244 e. The van der Waals surface area contributed by atoms with Crippen molar-refractivity contribution in [2.45, 2.75) is 24.7 Å². The SMILES string of the molecule is C=CCCCN(C)S(=O)(=O)c1cc(N)c(C)cc1Cl. The average molecular weight is 303 g/mol. The maximum Gasteiger partial charge on any atom is 0.244 e. The Morgan fingerprint density at radius 2 is 2.11 bits per heavy atom. The summed E-state index contributed by atoms with van der Waals surface area (Å²) in [7, 11) is -2.07. The Morgan fingerprint density at radius 3 is 2.68 bits per heavy atom. The molecule has 0 aromatic heterocycles. The molecule has 1 aromatic rings. The van der Waals surface area contributed by atoms with E-state index in [1.54, 1.807) is 19.1 Å². The average Bonchev–Trinajstić information content (AvgIpc) is 2.33. The number of allylic oxidation sites excluding steroid dienone is 1. The molecule has 0 spiro atoms. The van der Waals surface area contributed by atoms with Crippen molar-refractivity contribution >= 4 is 27.3 Å². The standard InChI is InChI=1S/C13H19ClN2O2S/c1-4-5-6-7-16(3)19(17,18)13-9-12(15)10(2)8-11(13)14/h4,8-9H,1,5-7,15H2,2-3H3. The molecule has 106 valence electrons. The summed E-state index contributed by atoms with van der Waals surface area (Å²) < 4.78 is 26.0. The van der Waals surface area contributed by atoms with Crippen molar-refractivity contribution in [3.05, 3.63) is 35.4 Å². The lowest BCUT2D eigenvalue weighted by atomic mass is 10.2. The maximum absolute atomic E-state index is 12.4. The molecule has 0 saturated heterocycles. The maximum atomic E-state index is 12.4. The Hall–Kier alpha value is -1.04. The van der Waals surface area contributed by atoms with Crippen LogP contribution in [0.2, 0.25) is 5.02 Å². The fourth-order valence-corrected chi connectivity index (χ4v) is 3.41. The first-order chi connectivity index (χ1) is 8.80. The second kappa shape index (κ2) is 6.41. The van der Waals surface area contributed by atoms with Gasteiger partial charge >= 0.3 is 0 Å². The van der Waals surface area contributed by atoms with Gasteiger partial charge in [-0.2, -0.15) is 0 Å². The van der Waals surface area contributed by atoms with E-state index >= 15 is 0 Å². The molecule has 4 nitrogen and oxygen atoms in total. The highest BCUT2D eigenvalue weighted by Crippen LogP contribution is 2.28. The van der Waals surface area contributed by atoms with Gasteiger partial charge in [0.1, 0.15) is 4.90 Å². The third kappa shape index (κ3) is 3.72. The van der Waals surface area contributed by atoms with Gasteiger partial charge in [-0.25, -0.2) is 12.7 Å². The van der Waals surface area contributed by atoms with E-state index < -0.39 is 10.0 Å². The molecule has 19 heavy (non-hydrogen) atoms. The van der Waals surface area contributed by atoms with Crippen molar-refractivity contribution in [2.75, 3.05) is 19.3 Å². The lowest BCUT2D eigenvalue weighted by Gasteiger charge is -2.18. The first kappa shape index (κ1) is 16.0. The lowest BCUT2D eigenvalue weighted by molar-refractivity contribution is 0.463. The Labute approximate surface area is 119 Å². The van der Waals surface area contributed by atoms with Gasteiger partial charge in [-0.3, -0.25) is 0 Å². The molecule has 0 saturated carbocycles. The molecule has 0 aliphatic carbocycles. The molecule has 0 heterocycles. The van der Waals surface area contributed by atoms with Crippen molar-refractivity contribution < 1.29 is 8.42 Å². The number of benzene rings is 1. The number of hydrogen-bond donors (Lipinski definition) is 1. The number of nitrogens with two attached hydrogens (primary N) is 1. The van der Waals surface area contributed by atoms with Crippen LogP contribution in [0, 0.1) is 6.92 Å². The van der Waals surface area contributed by atoms with Gasteiger partial charge in [0, 0.05) is 19.3 Å². The summed E-state index contributed by atoms with van der Waals surface area (Å²) in [6, 6.07) is 2.98. The first-order valence-electron chi connectivity index (χ1n) is 5.93. The van der Waals surface area contributed by atoms with Gasteiger partial charge in [0.15, 0.2) is 0 Å². The number of aryl methyl sites for hydroxylation is 1. The number of hydrogen-bond acceptors (Lipinski definition) is 3. The highest BCUT2D eigenvalue weighted by atomic mass is 35.5. The van der Waals surface area contributed by atoms with E-state index in [0.717, 1.165) is 18.4 Å². The minimum atomic E-state index is -3.60. The van der Waals surface area contributed by atoms with E-state index in [0.29, 0.717) is 12.2 Å². The monoisotopic (exact) mass is 302 g/mol. The van der Waals surface area contributed by atoms with Crippen LogP contribution < -0.4 is 5.73 Å². The molecule has 0 aliphatic heterocycles. The lowest BCUT2D eigenvalue weighted by Crippen LogP contribution is -2.28. The van der Waals surface area contributed by atoms with Crippen LogP contribution in [-0.2, 0) is 10.0 Å². The molecule has 0 radical (unpaired) electrons. The normalized spacial score (nSPS) is 11.8. The van der Waals surface area contributed by atoms with E-state index in [1.165, 1.54) is 17.4 Å². The summed E-state index contributed by atoms with van der Waals surface area (Å²) in [4.78, 5) is 0.0540. The molecule has 0 unspecified atom stereocenters. The molecule has 6 heteroatoms. The van der Waals surface area contributed by atoms with Gasteiger partial charge in [-0.05, 0) is 37.5 Å². The summed E-state index contributed by atoms with van der Waals surface area (Å²) in [6.45, 7) is 5.81. The Bertz CT molecular complexity index is 570. The minimum Gasteiger partial charge on any atom is -0.398 e. The van der Waals surface area contributed by atoms with Gasteiger partial charge in [-0.15, -0.1) is 6.58 Å². The molecule has 0 atom stereocenters. The van der Waals surface area contributed by atoms with Gasteiger partial charge in [0.05, 0.1) is 5.02 Å². The van der Waals surface area contributed by atoms with Crippen LogP contribution in [0.25, 0.3) is 0 Å². The second-order valence-electron chi connectivity index (χ2n) is 4.40. The molecule has 0 aliphatic rings. The largest absolute Gasteiger partial charge is 0.398 e. The zero-order chi connectivity index (χ0) is 14.6. The van der Waals surface area contributed by atoms with Gasteiger partial charge < -0.3 is 5.73 Å². The number of halogens is 1. The number of unbranched alkanes of at least 4 members (excludes halogenated alkanes) is 1. The Kier molecular flexibility index (Phi) is 5.40. The molecule has 1 rings (SSSR count). The van der Waals surface area contributed by atoms with Crippen LogP contribution in [0.5, 0.6) is 0 Å². The number of anilines is 1. The molecule has 2 N–H and O–H groups in total. The van der Waals surface area contributed by atoms with E-state index in [4.69, 9.17) is 17.3 Å². The van der Waals surface area contributed by atoms with Crippen LogP contribution in [0.1, 0.15) is 18.4 Å². The Balaban J connectivity index is 3.06. The van der Waals surface area contributed by atoms with E-state index in [9.17, 15) is 8.42 Å². The topological polar surface area (TPSA) is 63.4 Å². The van der Waals surface area contributed by atoms with Crippen molar-refractivity contribution in [1.29, 1.82) is 0 Å². The molecular formula is C13H19ClN2O2S. The molecule has 0 fully saturated rings. The van der Waals surface area contributed by atoms with E-state index in [-0.39, 0.29) is 9.92 Å². The molecular weight excluding hydrogens is 284 g/mol. The Morgan fingerprint density at radius 1 is 1.47 bits per heavy atom. The van der Waals surface area contributed by atoms with Crippen molar-refractivity contribution in [3.63, 3.8) is 0 Å². The summed E-state index contributed by atoms with van der Waals surface area (Å²) in [5.74, 6) is 0. The summed E-state index contributed by atoms with van der Waals surface area (Å²) in [6.07, 6.45) is 3.25. The first-order valence-corrected chi connectivity index (χ1v) is 7.75. The molecule has 0 amide bonds. The predicted molar refractivity (Wildman–Crippen MR) is 79.8 cm³/mol. The van der Waals surface area contributed by atoms with Crippen molar-refractivity contribution in [1.82, 2.24) is 4.31 Å². The fourth-order valence-electron chi connectivity index (χ4n) is 1.61. The number of nitrogens with zero attached hydrogens (tertiary/aromatic N) is 1. The zero-order valence-corrected chi connectivity index (χ0v) is 12.8. The quantitative estimate of drug-likeness (QED) is 0.499. The summed E-state index contributed by atoms with van der Waals surface area (Å²) in [5, 5.41) is 0.197. The van der Waals surface area contributed by atoms with E-state index in [2.05, 4.69) is 6.58 Å². The number of sulfonamides is 1. The predicted octanol–water partition coefficient (Wildman–Crippen LogP) is 2.82. The minimum absolute atomic E-state index is 0.0540. The van der Waals surface area contributed by atoms with Crippen LogP contribution in [0.3, 0.4) is 0 Å². The highest BCUT2D eigenvalue weighted by Gasteiger charge is 2.23. The van der Waals surface area contributed by atoms with Crippen LogP contribution in [-0.4, -0.2) is 26.3 Å². The molecule has 0 bridgehead atoms. The third-order valence-corrected chi connectivity index (χ3v) is 5.21. The van der Waals surface area contributed by atoms with Crippen molar-refractivity contribution in [2.24, 2.45) is 0 Å². The second-order valence-corrected chi connectivity index (χ2v) is 6.82. The summed E-state index contributed by atoms with van der Waals surface area (Å²) >= 11 is 6.01. The van der Waals surface area contributed by atoms with Crippen molar-refractivity contribution in [3.8, 4) is 0 Å². The zero-order valence-electron chi connectivity index (χ0n) is 11.2.